The summed E-state index contributed by atoms with van der Waals surface area (Å²) in [5.74, 6) is 0.656. The van der Waals surface area contributed by atoms with E-state index in [0.29, 0.717) is 5.82 Å². The summed E-state index contributed by atoms with van der Waals surface area (Å²) in [6.45, 7) is 4.45. The van der Waals surface area contributed by atoms with E-state index in [1.165, 1.54) is 5.56 Å². The molecule has 2 heterocycles. The molecule has 0 N–H and O–H groups in total. The van der Waals surface area contributed by atoms with Crippen LogP contribution in [0, 0.1) is 5.41 Å². The van der Waals surface area contributed by atoms with Gasteiger partial charge in [0.1, 0.15) is 12.8 Å². The molecular weight excluding hydrogens is 348 g/mol. The van der Waals surface area contributed by atoms with Crippen LogP contribution in [-0.4, -0.2) is 27.8 Å². The lowest BCUT2D eigenvalue weighted by Crippen LogP contribution is -2.29. The van der Waals surface area contributed by atoms with Gasteiger partial charge in [0.15, 0.2) is 5.82 Å². The smallest absolute Gasteiger partial charge is 0.178 e. The van der Waals surface area contributed by atoms with Crippen molar-refractivity contribution in [2.24, 2.45) is 10.6 Å². The Hall–Kier alpha value is -3.08. The Labute approximate surface area is 165 Å². The van der Waals surface area contributed by atoms with E-state index < -0.39 is 0 Å². The Morgan fingerprint density at radius 2 is 1.82 bits per heavy atom. The average molecular weight is 372 g/mol. The van der Waals surface area contributed by atoms with Crippen molar-refractivity contribution in [3.05, 3.63) is 77.2 Å². The highest BCUT2D eigenvalue weighted by molar-refractivity contribution is 6.02. The monoisotopic (exact) mass is 372 g/mol. The third-order valence-corrected chi connectivity index (χ3v) is 4.94. The molecule has 2 aromatic heterocycles. The molecule has 0 aliphatic heterocycles. The normalized spacial score (nSPS) is 16.6. The van der Waals surface area contributed by atoms with Gasteiger partial charge in [-0.2, -0.15) is 0 Å². The molecule has 5 nitrogen and oxygen atoms in total. The molecule has 5 heteroatoms. The second kappa shape index (κ2) is 7.50. The maximum absolute atomic E-state index is 5.04. The van der Waals surface area contributed by atoms with Gasteiger partial charge in [-0.15, -0.1) is 0 Å². The SMILES string of the molecule is CO/N=C1\CC(C)(C)Cc2nc(-c3cccc(Cc4ccccc4)n3)ncc21. The summed E-state index contributed by atoms with van der Waals surface area (Å²) in [6, 6.07) is 16.4. The van der Waals surface area contributed by atoms with Crippen LogP contribution in [-0.2, 0) is 17.7 Å². The Morgan fingerprint density at radius 1 is 1.00 bits per heavy atom. The van der Waals surface area contributed by atoms with E-state index in [2.05, 4.69) is 36.1 Å². The van der Waals surface area contributed by atoms with E-state index in [4.69, 9.17) is 14.8 Å². The molecule has 1 aliphatic rings. The quantitative estimate of drug-likeness (QED) is 0.635. The summed E-state index contributed by atoms with van der Waals surface area (Å²) < 4.78 is 0. The molecule has 0 saturated heterocycles. The third-order valence-electron chi connectivity index (χ3n) is 4.94. The van der Waals surface area contributed by atoms with Crippen molar-refractivity contribution in [3.63, 3.8) is 0 Å². The van der Waals surface area contributed by atoms with Crippen molar-refractivity contribution >= 4 is 5.71 Å². The van der Waals surface area contributed by atoms with E-state index in [1.807, 2.05) is 42.6 Å². The third kappa shape index (κ3) is 3.93. The topological polar surface area (TPSA) is 60.3 Å². The van der Waals surface area contributed by atoms with Gasteiger partial charge in [0.05, 0.1) is 11.4 Å². The number of nitrogens with zero attached hydrogens (tertiary/aromatic N) is 4. The van der Waals surface area contributed by atoms with Crippen molar-refractivity contribution in [2.45, 2.75) is 33.1 Å². The molecule has 142 valence electrons. The molecular formula is C23H24N4O. The van der Waals surface area contributed by atoms with Gasteiger partial charge in [0.2, 0.25) is 0 Å². The molecule has 0 atom stereocenters. The summed E-state index contributed by atoms with van der Waals surface area (Å²) in [6.07, 6.45) is 4.37. The minimum Gasteiger partial charge on any atom is -0.399 e. The Bertz CT molecular complexity index is 1010. The fourth-order valence-corrected chi connectivity index (χ4v) is 3.68. The minimum absolute atomic E-state index is 0.0819. The summed E-state index contributed by atoms with van der Waals surface area (Å²) in [7, 11) is 1.58. The maximum atomic E-state index is 5.04. The predicted molar refractivity (Wildman–Crippen MR) is 110 cm³/mol. The van der Waals surface area contributed by atoms with Crippen molar-refractivity contribution in [3.8, 4) is 11.5 Å². The van der Waals surface area contributed by atoms with Gasteiger partial charge in [-0.05, 0) is 36.0 Å². The highest BCUT2D eigenvalue weighted by Crippen LogP contribution is 2.34. The van der Waals surface area contributed by atoms with Gasteiger partial charge in [-0.3, -0.25) is 0 Å². The first-order valence-corrected chi connectivity index (χ1v) is 9.51. The van der Waals surface area contributed by atoms with Crippen LogP contribution in [0.4, 0.5) is 0 Å². The molecule has 0 amide bonds. The average Bonchev–Trinajstić information content (AvgIpc) is 2.68. The largest absolute Gasteiger partial charge is 0.399 e. The molecule has 0 unspecified atom stereocenters. The first-order chi connectivity index (χ1) is 13.5. The standard InChI is InChI=1S/C23H24N4O/c1-23(2)13-20-18(21(14-23)27-28-3)15-24-22(26-20)19-11-7-10-17(25-19)12-16-8-5-4-6-9-16/h4-11,15H,12-14H2,1-3H3/b27-21+. The Balaban J connectivity index is 1.67. The van der Waals surface area contributed by atoms with E-state index in [0.717, 1.165) is 47.6 Å². The molecule has 0 radical (unpaired) electrons. The number of hydrogen-bond donors (Lipinski definition) is 0. The number of rotatable bonds is 4. The molecule has 3 aromatic rings. The molecule has 0 saturated carbocycles. The zero-order valence-corrected chi connectivity index (χ0v) is 16.5. The molecule has 0 bridgehead atoms. The van der Waals surface area contributed by atoms with E-state index in [-0.39, 0.29) is 5.41 Å². The van der Waals surface area contributed by atoms with Crippen LogP contribution in [0.2, 0.25) is 0 Å². The predicted octanol–water partition coefficient (Wildman–Crippen LogP) is 4.45. The number of benzene rings is 1. The lowest BCUT2D eigenvalue weighted by molar-refractivity contribution is 0.210. The number of aromatic nitrogens is 3. The van der Waals surface area contributed by atoms with Crippen LogP contribution >= 0.6 is 0 Å². The highest BCUT2D eigenvalue weighted by Gasteiger charge is 2.31. The molecule has 28 heavy (non-hydrogen) atoms. The summed E-state index contributed by atoms with van der Waals surface area (Å²) in [5.41, 5.74) is 6.01. The second-order valence-electron chi connectivity index (χ2n) is 7.97. The fraction of sp³-hybridized carbons (Fsp3) is 0.304. The second-order valence-corrected chi connectivity index (χ2v) is 7.97. The first-order valence-electron chi connectivity index (χ1n) is 9.51. The zero-order valence-electron chi connectivity index (χ0n) is 16.5. The van der Waals surface area contributed by atoms with Crippen molar-refractivity contribution < 1.29 is 4.84 Å². The highest BCUT2D eigenvalue weighted by atomic mass is 16.6. The minimum atomic E-state index is 0.0819. The number of hydrogen-bond acceptors (Lipinski definition) is 5. The summed E-state index contributed by atoms with van der Waals surface area (Å²) in [5, 5.41) is 4.20. The van der Waals surface area contributed by atoms with Crippen LogP contribution in [0.25, 0.3) is 11.5 Å². The zero-order chi connectivity index (χ0) is 19.6. The van der Waals surface area contributed by atoms with E-state index >= 15 is 0 Å². The van der Waals surface area contributed by atoms with Crippen LogP contribution in [0.15, 0.2) is 59.9 Å². The lowest BCUT2D eigenvalue weighted by atomic mass is 9.75. The van der Waals surface area contributed by atoms with Crippen LogP contribution in [0.3, 0.4) is 0 Å². The van der Waals surface area contributed by atoms with Gasteiger partial charge in [0, 0.05) is 23.9 Å². The van der Waals surface area contributed by atoms with Crippen molar-refractivity contribution in [1.82, 2.24) is 15.0 Å². The molecule has 4 rings (SSSR count). The van der Waals surface area contributed by atoms with Gasteiger partial charge in [-0.1, -0.05) is 55.4 Å². The number of fused-ring (bicyclic) bond motifs is 1. The van der Waals surface area contributed by atoms with Crippen molar-refractivity contribution in [1.29, 1.82) is 0 Å². The number of oxime groups is 1. The van der Waals surface area contributed by atoms with Gasteiger partial charge >= 0.3 is 0 Å². The van der Waals surface area contributed by atoms with E-state index in [1.54, 1.807) is 7.11 Å². The van der Waals surface area contributed by atoms with Gasteiger partial charge < -0.3 is 4.84 Å². The first kappa shape index (κ1) is 18.3. The van der Waals surface area contributed by atoms with Gasteiger partial charge in [-0.25, -0.2) is 15.0 Å². The molecule has 1 aromatic carbocycles. The fourth-order valence-electron chi connectivity index (χ4n) is 3.68. The van der Waals surface area contributed by atoms with Crippen LogP contribution in [0.5, 0.6) is 0 Å². The van der Waals surface area contributed by atoms with Crippen LogP contribution in [0.1, 0.15) is 42.8 Å². The molecule has 0 fully saturated rings. The summed E-state index contributed by atoms with van der Waals surface area (Å²) in [4.78, 5) is 19.3. The maximum Gasteiger partial charge on any atom is 0.178 e. The Morgan fingerprint density at radius 3 is 2.61 bits per heavy atom. The summed E-state index contributed by atoms with van der Waals surface area (Å²) >= 11 is 0. The van der Waals surface area contributed by atoms with Crippen LogP contribution < -0.4 is 0 Å². The van der Waals surface area contributed by atoms with Gasteiger partial charge in [0.25, 0.3) is 0 Å². The number of pyridine rings is 1. The lowest BCUT2D eigenvalue weighted by Gasteiger charge is -2.30. The molecule has 1 aliphatic carbocycles. The van der Waals surface area contributed by atoms with Crippen molar-refractivity contribution in [2.75, 3.05) is 7.11 Å². The van der Waals surface area contributed by atoms with E-state index in [9.17, 15) is 0 Å². The molecule has 0 spiro atoms. The Kier molecular flexibility index (Phi) is 4.90.